The molecule has 0 aromatic heterocycles. The molecule has 0 spiro atoms. The summed E-state index contributed by atoms with van der Waals surface area (Å²) in [5.41, 5.74) is 2.98. The highest BCUT2D eigenvalue weighted by atomic mass is 14.1. The molecular weight excluding hydrogens is 168 g/mol. The molecule has 14 heavy (non-hydrogen) atoms. The van der Waals surface area contributed by atoms with E-state index >= 15 is 0 Å². The Bertz CT molecular complexity index is 241. The molecule has 0 atom stereocenters. The molecule has 78 valence electrons. The second-order valence-corrected chi connectivity index (χ2v) is 4.01. The average Bonchev–Trinajstić information content (AvgIpc) is 2.23. The van der Waals surface area contributed by atoms with Crippen molar-refractivity contribution in [3.05, 3.63) is 35.4 Å². The fourth-order valence-corrected chi connectivity index (χ4v) is 2.01. The van der Waals surface area contributed by atoms with Gasteiger partial charge in [0.05, 0.1) is 0 Å². The van der Waals surface area contributed by atoms with Crippen molar-refractivity contribution in [1.82, 2.24) is 0 Å². The van der Waals surface area contributed by atoms with Gasteiger partial charge in [0, 0.05) is 0 Å². The number of hydrogen-bond donors (Lipinski definition) is 0. The number of hydrogen-bond acceptors (Lipinski definition) is 0. The number of rotatable bonds is 5. The Morgan fingerprint density at radius 3 is 1.93 bits per heavy atom. The van der Waals surface area contributed by atoms with Gasteiger partial charge in [-0.1, -0.05) is 51.5 Å². The topological polar surface area (TPSA) is 0 Å². The van der Waals surface area contributed by atoms with Crippen LogP contribution in [0.25, 0.3) is 0 Å². The van der Waals surface area contributed by atoms with Crippen LogP contribution in [-0.2, 0) is 6.42 Å². The van der Waals surface area contributed by atoms with Gasteiger partial charge >= 0.3 is 0 Å². The molecule has 0 aliphatic rings. The summed E-state index contributed by atoms with van der Waals surface area (Å²) in [6.45, 7) is 6.77. The van der Waals surface area contributed by atoms with E-state index in [2.05, 4.69) is 45.0 Å². The summed E-state index contributed by atoms with van der Waals surface area (Å²) >= 11 is 0. The van der Waals surface area contributed by atoms with E-state index in [1.54, 1.807) is 0 Å². The quantitative estimate of drug-likeness (QED) is 0.639. The van der Waals surface area contributed by atoms with E-state index in [0.29, 0.717) is 0 Å². The lowest BCUT2D eigenvalue weighted by Gasteiger charge is -2.12. The van der Waals surface area contributed by atoms with Gasteiger partial charge in [-0.3, -0.25) is 0 Å². The number of aryl methyl sites for hydroxylation is 1. The van der Waals surface area contributed by atoms with Crippen LogP contribution in [0.5, 0.6) is 0 Å². The molecule has 0 unspecified atom stereocenters. The van der Waals surface area contributed by atoms with Crippen LogP contribution in [0.3, 0.4) is 0 Å². The molecule has 1 aromatic carbocycles. The van der Waals surface area contributed by atoms with Gasteiger partial charge in [-0.25, -0.2) is 0 Å². The van der Waals surface area contributed by atoms with E-state index in [1.807, 2.05) is 0 Å². The van der Waals surface area contributed by atoms with E-state index in [0.717, 1.165) is 5.92 Å². The maximum absolute atomic E-state index is 2.31. The van der Waals surface area contributed by atoms with Gasteiger partial charge in [-0.15, -0.1) is 0 Å². The maximum atomic E-state index is 2.31. The smallest absolute Gasteiger partial charge is 0.0167 e. The van der Waals surface area contributed by atoms with Crippen LogP contribution in [0.4, 0.5) is 0 Å². The normalized spacial score (nSPS) is 10.9. The minimum absolute atomic E-state index is 0.755. The van der Waals surface area contributed by atoms with Gasteiger partial charge in [-0.2, -0.15) is 0 Å². The molecule has 0 N–H and O–H groups in total. The number of benzene rings is 1. The first-order chi connectivity index (χ1) is 6.81. The SMILES string of the molecule is CCCc1ccc(C(CC)CC)cc1. The molecule has 0 saturated heterocycles. The molecule has 0 heterocycles. The molecule has 0 heteroatoms. The van der Waals surface area contributed by atoms with Crippen molar-refractivity contribution in [3.63, 3.8) is 0 Å². The fraction of sp³-hybridized carbons (Fsp3) is 0.571. The van der Waals surface area contributed by atoms with Gasteiger partial charge in [0.15, 0.2) is 0 Å². The third-order valence-electron chi connectivity index (χ3n) is 2.98. The standard InChI is InChI=1S/C14H22/c1-4-7-12-8-10-14(11-9-12)13(5-2)6-3/h8-11,13H,4-7H2,1-3H3. The third kappa shape index (κ3) is 2.87. The molecule has 0 amide bonds. The van der Waals surface area contributed by atoms with Crippen LogP contribution < -0.4 is 0 Å². The molecule has 1 aromatic rings. The predicted molar refractivity (Wildman–Crippen MR) is 63.8 cm³/mol. The highest BCUT2D eigenvalue weighted by molar-refractivity contribution is 5.25. The summed E-state index contributed by atoms with van der Waals surface area (Å²) in [5.74, 6) is 0.755. The predicted octanol–water partition coefficient (Wildman–Crippen LogP) is 4.54. The Morgan fingerprint density at radius 2 is 1.50 bits per heavy atom. The van der Waals surface area contributed by atoms with Crippen molar-refractivity contribution in [2.45, 2.75) is 52.4 Å². The molecule has 0 bridgehead atoms. The van der Waals surface area contributed by atoms with Crippen molar-refractivity contribution in [2.75, 3.05) is 0 Å². The van der Waals surface area contributed by atoms with E-state index in [9.17, 15) is 0 Å². The largest absolute Gasteiger partial charge is 0.0651 e. The van der Waals surface area contributed by atoms with Crippen molar-refractivity contribution in [1.29, 1.82) is 0 Å². The Hall–Kier alpha value is -0.780. The summed E-state index contributed by atoms with van der Waals surface area (Å²) in [6, 6.07) is 9.19. The van der Waals surface area contributed by atoms with Crippen LogP contribution in [0.2, 0.25) is 0 Å². The summed E-state index contributed by atoms with van der Waals surface area (Å²) in [6.07, 6.45) is 4.96. The highest BCUT2D eigenvalue weighted by Gasteiger charge is 2.05. The Kier molecular flexibility index (Phi) is 4.72. The first kappa shape index (κ1) is 11.3. The van der Waals surface area contributed by atoms with Crippen molar-refractivity contribution >= 4 is 0 Å². The van der Waals surface area contributed by atoms with Gasteiger partial charge < -0.3 is 0 Å². The Balaban J connectivity index is 2.71. The first-order valence-corrected chi connectivity index (χ1v) is 5.90. The van der Waals surface area contributed by atoms with E-state index < -0.39 is 0 Å². The molecule has 0 nitrogen and oxygen atoms in total. The second kappa shape index (κ2) is 5.85. The van der Waals surface area contributed by atoms with Crippen molar-refractivity contribution in [3.8, 4) is 0 Å². The molecule has 0 fully saturated rings. The van der Waals surface area contributed by atoms with Crippen LogP contribution in [0.1, 0.15) is 57.1 Å². The van der Waals surface area contributed by atoms with Crippen LogP contribution in [0, 0.1) is 0 Å². The Labute approximate surface area is 88.4 Å². The highest BCUT2D eigenvalue weighted by Crippen LogP contribution is 2.23. The molecule has 0 radical (unpaired) electrons. The molecule has 1 rings (SSSR count). The van der Waals surface area contributed by atoms with E-state index in [-0.39, 0.29) is 0 Å². The minimum atomic E-state index is 0.755. The van der Waals surface area contributed by atoms with E-state index in [4.69, 9.17) is 0 Å². The first-order valence-electron chi connectivity index (χ1n) is 5.90. The summed E-state index contributed by atoms with van der Waals surface area (Å²) < 4.78 is 0. The summed E-state index contributed by atoms with van der Waals surface area (Å²) in [7, 11) is 0. The lowest BCUT2D eigenvalue weighted by Crippen LogP contribution is -1.95. The molecule has 0 aliphatic heterocycles. The van der Waals surface area contributed by atoms with Crippen molar-refractivity contribution < 1.29 is 0 Å². The average molecular weight is 190 g/mol. The van der Waals surface area contributed by atoms with Crippen LogP contribution in [0.15, 0.2) is 24.3 Å². The Morgan fingerprint density at radius 1 is 0.929 bits per heavy atom. The van der Waals surface area contributed by atoms with Crippen LogP contribution >= 0.6 is 0 Å². The molecule has 0 aliphatic carbocycles. The van der Waals surface area contributed by atoms with Crippen molar-refractivity contribution in [2.24, 2.45) is 0 Å². The zero-order valence-corrected chi connectivity index (χ0v) is 9.72. The zero-order valence-electron chi connectivity index (χ0n) is 9.72. The lowest BCUT2D eigenvalue weighted by molar-refractivity contribution is 0.641. The fourth-order valence-electron chi connectivity index (χ4n) is 2.01. The van der Waals surface area contributed by atoms with Crippen LogP contribution in [-0.4, -0.2) is 0 Å². The second-order valence-electron chi connectivity index (χ2n) is 4.01. The summed E-state index contributed by atoms with van der Waals surface area (Å²) in [5, 5.41) is 0. The summed E-state index contributed by atoms with van der Waals surface area (Å²) in [4.78, 5) is 0. The zero-order chi connectivity index (χ0) is 10.4. The third-order valence-corrected chi connectivity index (χ3v) is 2.98. The monoisotopic (exact) mass is 190 g/mol. The minimum Gasteiger partial charge on any atom is -0.0651 e. The van der Waals surface area contributed by atoms with Gasteiger partial charge in [-0.05, 0) is 36.3 Å². The maximum Gasteiger partial charge on any atom is -0.0167 e. The van der Waals surface area contributed by atoms with Gasteiger partial charge in [0.2, 0.25) is 0 Å². The van der Waals surface area contributed by atoms with Gasteiger partial charge in [0.25, 0.3) is 0 Å². The lowest BCUT2D eigenvalue weighted by atomic mass is 9.93. The van der Waals surface area contributed by atoms with Gasteiger partial charge in [0.1, 0.15) is 0 Å². The molecule has 0 saturated carbocycles. The van der Waals surface area contributed by atoms with E-state index in [1.165, 1.54) is 36.8 Å². The molecular formula is C14H22.